The van der Waals surface area contributed by atoms with Crippen LogP contribution in [0, 0.1) is 5.92 Å². The monoisotopic (exact) mass is 418 g/mol. The molecule has 0 spiro atoms. The molecule has 4 atom stereocenters. The van der Waals surface area contributed by atoms with Crippen LogP contribution < -0.4 is 5.73 Å². The predicted octanol–water partition coefficient (Wildman–Crippen LogP) is 1.07. The van der Waals surface area contributed by atoms with E-state index in [1.807, 2.05) is 12.1 Å². The second-order valence-electron chi connectivity index (χ2n) is 8.22. The van der Waals surface area contributed by atoms with Crippen LogP contribution in [0.2, 0.25) is 0 Å². The second-order valence-corrected chi connectivity index (χ2v) is 8.22. The number of likely N-dealkylation sites (N-methyl/N-ethyl adjacent to an activating group) is 1. The number of quaternary nitrogens is 1. The van der Waals surface area contributed by atoms with Gasteiger partial charge in [-0.3, -0.25) is 4.79 Å². The van der Waals surface area contributed by atoms with Crippen molar-refractivity contribution in [3.63, 3.8) is 0 Å². The number of aliphatic hydroxyl groups excluding tert-OH is 1. The Bertz CT molecular complexity index is 761. The van der Waals surface area contributed by atoms with Gasteiger partial charge in [-0.25, -0.2) is 0 Å². The molecule has 1 aromatic carbocycles. The normalized spacial score (nSPS) is 34.4. The molecular weight excluding hydrogens is 393 g/mol. The first-order valence-electron chi connectivity index (χ1n) is 8.60. The molecule has 5 nitrogen and oxygen atoms in total. The summed E-state index contributed by atoms with van der Waals surface area (Å²) in [5.41, 5.74) is 7.26. The van der Waals surface area contributed by atoms with Crippen molar-refractivity contribution in [1.29, 1.82) is 0 Å². The third-order valence-electron chi connectivity index (χ3n) is 6.66. The molecule has 1 amide bonds. The number of phenols is 1. The Labute approximate surface area is 173 Å². The molecule has 4 N–H and O–H groups in total. The average Bonchev–Trinajstić information content (AvgIpc) is 2.50. The van der Waals surface area contributed by atoms with Gasteiger partial charge in [0.25, 0.3) is 5.91 Å². The molecule has 3 aliphatic rings. The molecular formula is C19H25N2O3Y+. The average molecular weight is 418 g/mol. The Kier molecular flexibility index (Phi) is 4.68. The molecule has 2 aliphatic carbocycles. The molecule has 1 heterocycles. The van der Waals surface area contributed by atoms with Gasteiger partial charge in [-0.05, 0) is 18.1 Å². The number of rotatable bonds is 1. The number of piperidine rings is 1. The van der Waals surface area contributed by atoms with Gasteiger partial charge in [0.1, 0.15) is 5.75 Å². The standard InChI is InChI=1S/C19H24N2O3.Y/c1-21(2)8-7-19-10-12(22)4-6-14(19)15(21)9-11-3-5-13(18(20)24)17(23)16(11)19;/h3-6,12,14-15,22H,7-10H2,1-2H3,(H2-,20,23,24);/p+1/t12?,14?,15-,19+;/m1./s1. The van der Waals surface area contributed by atoms with Crippen LogP contribution in [0.25, 0.3) is 0 Å². The second kappa shape index (κ2) is 6.16. The van der Waals surface area contributed by atoms with Crippen molar-refractivity contribution in [1.82, 2.24) is 0 Å². The molecule has 131 valence electrons. The van der Waals surface area contributed by atoms with Gasteiger partial charge in [-0.2, -0.15) is 0 Å². The molecule has 2 bridgehead atoms. The van der Waals surface area contributed by atoms with Crippen molar-refractivity contribution in [2.75, 3.05) is 20.6 Å². The fourth-order valence-corrected chi connectivity index (χ4v) is 5.41. The SMILES string of the molecule is C[N+]1(C)CC[C@]23CC(O)C=CC2[C@H]1Cc1ccc(C(N)=O)c(O)c13.[Y]. The van der Waals surface area contributed by atoms with E-state index in [-0.39, 0.29) is 55.4 Å². The van der Waals surface area contributed by atoms with Gasteiger partial charge in [0.05, 0.1) is 38.3 Å². The molecule has 2 unspecified atom stereocenters. The van der Waals surface area contributed by atoms with Gasteiger partial charge in [0.2, 0.25) is 0 Å². The maximum Gasteiger partial charge on any atom is 0.252 e. The van der Waals surface area contributed by atoms with Gasteiger partial charge < -0.3 is 20.4 Å². The minimum absolute atomic E-state index is 0. The van der Waals surface area contributed by atoms with E-state index >= 15 is 0 Å². The summed E-state index contributed by atoms with van der Waals surface area (Å²) in [6.45, 7) is 0.988. The van der Waals surface area contributed by atoms with Gasteiger partial charge in [-0.15, -0.1) is 0 Å². The van der Waals surface area contributed by atoms with E-state index in [0.29, 0.717) is 12.5 Å². The number of carbonyl (C=O) groups excluding carboxylic acids is 1. The zero-order valence-electron chi connectivity index (χ0n) is 14.8. The molecule has 4 rings (SSSR count). The summed E-state index contributed by atoms with van der Waals surface area (Å²) in [6, 6.07) is 3.99. The van der Waals surface area contributed by atoms with E-state index in [1.165, 1.54) is 0 Å². The van der Waals surface area contributed by atoms with E-state index in [9.17, 15) is 15.0 Å². The summed E-state index contributed by atoms with van der Waals surface area (Å²) in [5, 5.41) is 21.2. The number of benzene rings is 1. The number of aromatic hydroxyl groups is 1. The Morgan fingerprint density at radius 2 is 2.04 bits per heavy atom. The van der Waals surface area contributed by atoms with Gasteiger partial charge in [-0.1, -0.05) is 18.2 Å². The Morgan fingerprint density at radius 3 is 2.72 bits per heavy atom. The fraction of sp³-hybridized carbons (Fsp3) is 0.526. The maximum absolute atomic E-state index is 11.7. The van der Waals surface area contributed by atoms with Crippen molar-refractivity contribution >= 4 is 5.91 Å². The first-order valence-corrected chi connectivity index (χ1v) is 8.60. The number of hydrogen-bond acceptors (Lipinski definition) is 3. The van der Waals surface area contributed by atoms with Crippen LogP contribution in [0.15, 0.2) is 24.3 Å². The van der Waals surface area contributed by atoms with E-state index in [1.54, 1.807) is 6.07 Å². The number of carbonyl (C=O) groups is 1. The van der Waals surface area contributed by atoms with Crippen molar-refractivity contribution in [3.8, 4) is 5.75 Å². The largest absolute Gasteiger partial charge is 0.507 e. The van der Waals surface area contributed by atoms with Crippen LogP contribution in [0.4, 0.5) is 0 Å². The minimum atomic E-state index is -0.607. The van der Waals surface area contributed by atoms with Crippen molar-refractivity contribution in [2.24, 2.45) is 11.7 Å². The van der Waals surface area contributed by atoms with Crippen molar-refractivity contribution in [3.05, 3.63) is 41.0 Å². The summed E-state index contributed by atoms with van der Waals surface area (Å²) < 4.78 is 0.935. The molecule has 1 saturated heterocycles. The zero-order valence-corrected chi connectivity index (χ0v) is 17.6. The third-order valence-corrected chi connectivity index (χ3v) is 6.66. The van der Waals surface area contributed by atoms with Crippen LogP contribution in [-0.4, -0.2) is 53.4 Å². The van der Waals surface area contributed by atoms with Crippen LogP contribution in [0.1, 0.15) is 34.3 Å². The third kappa shape index (κ3) is 2.63. The van der Waals surface area contributed by atoms with Crippen molar-refractivity contribution < 1.29 is 52.2 Å². The molecule has 1 radical (unpaired) electrons. The smallest absolute Gasteiger partial charge is 0.252 e. The van der Waals surface area contributed by atoms with E-state index in [2.05, 4.69) is 20.2 Å². The number of hydrogen-bond donors (Lipinski definition) is 3. The number of amides is 1. The number of fused-ring (bicyclic) bond motifs is 1. The molecule has 0 aromatic heterocycles. The summed E-state index contributed by atoms with van der Waals surface area (Å²) in [4.78, 5) is 11.7. The molecule has 1 aromatic rings. The number of aliphatic hydroxyl groups is 1. The Hall–Kier alpha value is -0.746. The maximum atomic E-state index is 11.7. The molecule has 6 heteroatoms. The van der Waals surface area contributed by atoms with Crippen LogP contribution >= 0.6 is 0 Å². The topological polar surface area (TPSA) is 83.5 Å². The summed E-state index contributed by atoms with van der Waals surface area (Å²) >= 11 is 0. The Morgan fingerprint density at radius 1 is 1.32 bits per heavy atom. The van der Waals surface area contributed by atoms with Gasteiger partial charge in [0.15, 0.2) is 0 Å². The summed E-state index contributed by atoms with van der Waals surface area (Å²) in [7, 11) is 4.52. The van der Waals surface area contributed by atoms with E-state index < -0.39 is 12.0 Å². The quantitative estimate of drug-likeness (QED) is 0.471. The molecule has 25 heavy (non-hydrogen) atoms. The fourth-order valence-electron chi connectivity index (χ4n) is 5.41. The van der Waals surface area contributed by atoms with E-state index in [0.717, 1.165) is 35.0 Å². The zero-order chi connectivity index (χ0) is 17.3. The molecule has 1 aliphatic heterocycles. The minimum Gasteiger partial charge on any atom is -0.507 e. The van der Waals surface area contributed by atoms with Crippen molar-refractivity contribution in [2.45, 2.75) is 36.8 Å². The van der Waals surface area contributed by atoms with Gasteiger partial charge in [0, 0.05) is 62.4 Å². The number of nitrogens with two attached hydrogens (primary N) is 1. The van der Waals surface area contributed by atoms with Crippen LogP contribution in [0.5, 0.6) is 5.75 Å². The summed E-state index contributed by atoms with van der Waals surface area (Å²) in [5.74, 6) is -0.325. The first-order chi connectivity index (χ1) is 11.3. The number of likely N-dealkylation sites (tertiary alicyclic amines) is 1. The molecule has 0 saturated carbocycles. The predicted molar refractivity (Wildman–Crippen MR) is 90.6 cm³/mol. The summed E-state index contributed by atoms with van der Waals surface area (Å²) in [6.07, 6.45) is 5.84. The molecule has 1 fully saturated rings. The van der Waals surface area contributed by atoms with Crippen LogP contribution in [0.3, 0.4) is 0 Å². The number of nitrogens with zero attached hydrogens (tertiary/aromatic N) is 1. The first kappa shape index (κ1) is 19.0. The van der Waals surface area contributed by atoms with Crippen LogP contribution in [-0.2, 0) is 44.5 Å². The Balaban J connectivity index is 0.00000182. The van der Waals surface area contributed by atoms with E-state index in [4.69, 9.17) is 5.73 Å². The van der Waals surface area contributed by atoms with Gasteiger partial charge >= 0.3 is 0 Å². The number of primary amides is 1.